The summed E-state index contributed by atoms with van der Waals surface area (Å²) in [5.41, 5.74) is 0.668. The minimum atomic E-state index is -2.60. The Balaban J connectivity index is 1.40. The molecular formula is C30H38FN3O2. The number of fused-ring (bicyclic) bond motifs is 2. The fraction of sp³-hybridized carbons (Fsp3) is 0.533. The first-order valence-corrected chi connectivity index (χ1v) is 13.0. The zero-order valence-corrected chi connectivity index (χ0v) is 21.3. The highest BCUT2D eigenvalue weighted by atomic mass is 19.1. The van der Waals surface area contributed by atoms with E-state index in [0.717, 1.165) is 35.8 Å². The second kappa shape index (κ2) is 10.3. The number of halogens is 1. The van der Waals surface area contributed by atoms with Gasteiger partial charge in [0.2, 0.25) is 0 Å². The van der Waals surface area contributed by atoms with Crippen LogP contribution in [0.2, 0.25) is 0 Å². The Labute approximate surface area is 219 Å². The molecular weight excluding hydrogens is 453 g/mol. The van der Waals surface area contributed by atoms with Gasteiger partial charge in [0.15, 0.2) is 0 Å². The molecule has 0 radical (unpaired) electrons. The number of carbonyl (C=O) groups excluding carboxylic acids is 1. The minimum absolute atomic E-state index is 0.00603. The number of carbonyl (C=O) groups is 1. The summed E-state index contributed by atoms with van der Waals surface area (Å²) in [5.74, 6) is -1.29. The summed E-state index contributed by atoms with van der Waals surface area (Å²) in [7, 11) is 1.94. The number of nitrogens with one attached hydrogen (secondary N) is 1. The molecule has 0 saturated heterocycles. The molecule has 5 rings (SSSR count). The van der Waals surface area contributed by atoms with Gasteiger partial charge in [-0.2, -0.15) is 0 Å². The lowest BCUT2D eigenvalue weighted by Gasteiger charge is -2.47. The average molecular weight is 496 g/mol. The van der Waals surface area contributed by atoms with Gasteiger partial charge < -0.3 is 14.6 Å². The number of benzene rings is 2. The molecule has 1 fully saturated rings. The molecule has 0 aliphatic heterocycles. The van der Waals surface area contributed by atoms with Crippen LogP contribution in [0.25, 0.3) is 11.0 Å². The van der Waals surface area contributed by atoms with Crippen molar-refractivity contribution in [1.82, 2.24) is 14.9 Å². The zero-order valence-electron chi connectivity index (χ0n) is 25.3. The van der Waals surface area contributed by atoms with Crippen molar-refractivity contribution >= 4 is 17.0 Å². The van der Waals surface area contributed by atoms with E-state index in [-0.39, 0.29) is 23.8 Å². The molecule has 0 amide bonds. The van der Waals surface area contributed by atoms with Gasteiger partial charge in [0.25, 0.3) is 0 Å². The molecule has 3 aromatic rings. The van der Waals surface area contributed by atoms with Crippen LogP contribution >= 0.6 is 0 Å². The number of para-hydroxylation sites is 2. The summed E-state index contributed by atoms with van der Waals surface area (Å²) < 4.78 is 56.7. The predicted molar refractivity (Wildman–Crippen MR) is 140 cm³/mol. The van der Waals surface area contributed by atoms with Crippen molar-refractivity contribution in [3.8, 4) is 0 Å². The largest absolute Gasteiger partial charge is 0.458 e. The summed E-state index contributed by atoms with van der Waals surface area (Å²) in [5, 5.41) is 0. The lowest BCUT2D eigenvalue weighted by atomic mass is 9.65. The Kier molecular flexibility index (Phi) is 5.84. The molecule has 6 heteroatoms. The fourth-order valence-electron chi connectivity index (χ4n) is 5.36. The normalized spacial score (nSPS) is 26.2. The summed E-state index contributed by atoms with van der Waals surface area (Å²) in [6.45, 7) is 4.94. The standard InChI is InChI=1S/C30H38FN3O2/c1-20(2)28-24-13-12-23(31)19-22(24)14-15-30(28,36-29(35)21-10-11-21)16-18-34(3)17-6-9-27-32-25-7-4-5-8-26(25)33-27/h4-5,7-8,12-13,19-21,28H,6,9-11,14-18H2,1-3H3,(H,32,33)/i14D2,15D2. The van der Waals surface area contributed by atoms with Crippen molar-refractivity contribution in [3.05, 3.63) is 65.2 Å². The first kappa shape index (κ1) is 20.3. The van der Waals surface area contributed by atoms with Crippen LogP contribution in [0.4, 0.5) is 4.39 Å². The number of esters is 1. The highest BCUT2D eigenvalue weighted by molar-refractivity contribution is 5.76. The number of aromatic amines is 1. The van der Waals surface area contributed by atoms with E-state index in [4.69, 9.17) is 7.48 Å². The van der Waals surface area contributed by atoms with E-state index in [0.29, 0.717) is 31.5 Å². The van der Waals surface area contributed by atoms with Crippen molar-refractivity contribution in [2.75, 3.05) is 20.1 Å². The summed E-state index contributed by atoms with van der Waals surface area (Å²) in [6.07, 6.45) is -2.11. The first-order chi connectivity index (χ1) is 18.9. The van der Waals surface area contributed by atoms with Crippen molar-refractivity contribution < 1.29 is 19.4 Å². The second-order valence-corrected chi connectivity index (χ2v) is 10.6. The van der Waals surface area contributed by atoms with Gasteiger partial charge in [-0.05, 0) is 86.9 Å². The molecule has 192 valence electrons. The summed E-state index contributed by atoms with van der Waals surface area (Å²) in [6, 6.07) is 11.8. The smallest absolute Gasteiger partial charge is 0.309 e. The molecule has 36 heavy (non-hydrogen) atoms. The third-order valence-electron chi connectivity index (χ3n) is 7.38. The predicted octanol–water partition coefficient (Wildman–Crippen LogP) is 6.03. The number of hydrogen-bond donors (Lipinski definition) is 1. The highest BCUT2D eigenvalue weighted by Crippen LogP contribution is 2.49. The maximum absolute atomic E-state index is 14.3. The van der Waals surface area contributed by atoms with Crippen LogP contribution in [-0.4, -0.2) is 46.6 Å². The SMILES string of the molecule is [2H]C1([2H])c2cc(F)ccc2C(C(C)C)C(CCN(C)CCCc2nc3ccccc3[nH]2)(OC(=O)C2CC2)C1([2H])[2H]. The van der Waals surface area contributed by atoms with Gasteiger partial charge in [-0.25, -0.2) is 9.37 Å². The molecule has 1 N–H and O–H groups in total. The maximum Gasteiger partial charge on any atom is 0.309 e. The summed E-state index contributed by atoms with van der Waals surface area (Å²) >= 11 is 0. The molecule has 5 nitrogen and oxygen atoms in total. The van der Waals surface area contributed by atoms with Crippen molar-refractivity contribution in [3.63, 3.8) is 0 Å². The van der Waals surface area contributed by atoms with Gasteiger partial charge >= 0.3 is 5.97 Å². The van der Waals surface area contributed by atoms with Gasteiger partial charge in [-0.15, -0.1) is 0 Å². The van der Waals surface area contributed by atoms with Gasteiger partial charge in [-0.3, -0.25) is 4.79 Å². The Bertz CT molecular complexity index is 1360. The summed E-state index contributed by atoms with van der Waals surface area (Å²) in [4.78, 5) is 23.2. The third kappa shape index (κ3) is 5.34. The Morgan fingerprint density at radius 3 is 2.83 bits per heavy atom. The van der Waals surface area contributed by atoms with Gasteiger partial charge in [0.05, 0.1) is 17.0 Å². The Morgan fingerprint density at radius 1 is 1.28 bits per heavy atom. The first-order valence-electron chi connectivity index (χ1n) is 15.0. The number of ether oxygens (including phenoxy) is 1. The lowest BCUT2D eigenvalue weighted by molar-refractivity contribution is -0.169. The van der Waals surface area contributed by atoms with Crippen LogP contribution < -0.4 is 0 Å². The zero-order chi connectivity index (χ0) is 28.9. The fourth-order valence-corrected chi connectivity index (χ4v) is 5.36. The number of hydrogen-bond acceptors (Lipinski definition) is 4. The molecule has 2 atom stereocenters. The third-order valence-corrected chi connectivity index (χ3v) is 7.38. The van der Waals surface area contributed by atoms with Crippen molar-refractivity contribution in [2.45, 2.75) is 70.2 Å². The Morgan fingerprint density at radius 2 is 2.08 bits per heavy atom. The van der Waals surface area contributed by atoms with Gasteiger partial charge in [0, 0.05) is 30.8 Å². The average Bonchev–Trinajstić information content (AvgIpc) is 3.66. The van der Waals surface area contributed by atoms with Crippen LogP contribution in [-0.2, 0) is 22.3 Å². The number of H-pyrrole nitrogens is 1. The molecule has 1 aromatic heterocycles. The van der Waals surface area contributed by atoms with Crippen LogP contribution in [0.3, 0.4) is 0 Å². The molecule has 2 aliphatic carbocycles. The minimum Gasteiger partial charge on any atom is -0.458 e. The van der Waals surface area contributed by atoms with E-state index in [1.165, 1.54) is 6.07 Å². The van der Waals surface area contributed by atoms with E-state index >= 15 is 0 Å². The monoisotopic (exact) mass is 495 g/mol. The molecule has 1 heterocycles. The van der Waals surface area contributed by atoms with E-state index < -0.39 is 36.1 Å². The number of nitrogens with zero attached hydrogens (tertiary/aromatic N) is 2. The Hall–Kier alpha value is -2.73. The van der Waals surface area contributed by atoms with Crippen LogP contribution in [0.1, 0.15) is 74.3 Å². The maximum atomic E-state index is 14.3. The van der Waals surface area contributed by atoms with E-state index in [1.807, 2.05) is 45.2 Å². The van der Waals surface area contributed by atoms with Crippen LogP contribution in [0.15, 0.2) is 42.5 Å². The molecule has 2 unspecified atom stereocenters. The van der Waals surface area contributed by atoms with Gasteiger partial charge in [0.1, 0.15) is 17.2 Å². The van der Waals surface area contributed by atoms with Gasteiger partial charge in [-0.1, -0.05) is 32.0 Å². The lowest BCUT2D eigenvalue weighted by Crippen LogP contribution is -2.48. The van der Waals surface area contributed by atoms with Crippen molar-refractivity contribution in [2.24, 2.45) is 11.8 Å². The number of aromatic nitrogens is 2. The van der Waals surface area contributed by atoms with Crippen LogP contribution in [0.5, 0.6) is 0 Å². The molecule has 1 saturated carbocycles. The molecule has 0 bridgehead atoms. The molecule has 2 aliphatic rings. The van der Waals surface area contributed by atoms with E-state index in [1.54, 1.807) is 6.07 Å². The van der Waals surface area contributed by atoms with E-state index in [2.05, 4.69) is 14.9 Å². The van der Waals surface area contributed by atoms with E-state index in [9.17, 15) is 11.9 Å². The number of rotatable bonds is 10. The molecule has 0 spiro atoms. The van der Waals surface area contributed by atoms with Crippen LogP contribution in [0, 0.1) is 17.7 Å². The quantitative estimate of drug-likeness (QED) is 0.349. The number of imidazole rings is 1. The topological polar surface area (TPSA) is 58.2 Å². The number of aryl methyl sites for hydroxylation is 2. The van der Waals surface area contributed by atoms with Crippen molar-refractivity contribution in [1.29, 1.82) is 0 Å². The highest BCUT2D eigenvalue weighted by Gasteiger charge is 2.49. The second-order valence-electron chi connectivity index (χ2n) is 10.6. The molecule has 2 aromatic carbocycles.